The highest BCUT2D eigenvalue weighted by Gasteiger charge is 2.17. The lowest BCUT2D eigenvalue weighted by Crippen LogP contribution is -1.94. The number of rotatable bonds is 2. The van der Waals surface area contributed by atoms with Gasteiger partial charge < -0.3 is 4.74 Å². The van der Waals surface area contributed by atoms with Crippen molar-refractivity contribution in [3.05, 3.63) is 35.4 Å². The smallest absolute Gasteiger partial charge is 0.128 e. The summed E-state index contributed by atoms with van der Waals surface area (Å²) in [7, 11) is 0. The second kappa shape index (κ2) is 4.37. The van der Waals surface area contributed by atoms with Crippen LogP contribution in [0.5, 0.6) is 0 Å². The molecule has 0 N–H and O–H groups in total. The first kappa shape index (κ1) is 10.1. The Balaban J connectivity index is 2.12. The van der Waals surface area contributed by atoms with E-state index in [2.05, 4.69) is 38.1 Å². The first-order valence-electron chi connectivity index (χ1n) is 5.10. The summed E-state index contributed by atoms with van der Waals surface area (Å²) in [5.41, 5.74) is 2.98. The molecule has 2 rings (SSSR count). The van der Waals surface area contributed by atoms with Gasteiger partial charge in [0.1, 0.15) is 5.44 Å². The summed E-state index contributed by atoms with van der Waals surface area (Å²) in [6.07, 6.45) is 0. The molecule has 0 amide bonds. The minimum atomic E-state index is 0.274. The normalized spacial score (nSPS) is 21.8. The number of benzene rings is 1. The van der Waals surface area contributed by atoms with E-state index in [0.717, 1.165) is 12.4 Å². The summed E-state index contributed by atoms with van der Waals surface area (Å²) >= 11 is 1.89. The van der Waals surface area contributed by atoms with E-state index < -0.39 is 0 Å². The largest absolute Gasteiger partial charge is 0.362 e. The van der Waals surface area contributed by atoms with Crippen molar-refractivity contribution >= 4 is 11.8 Å². The molecule has 1 aromatic rings. The third kappa shape index (κ3) is 2.12. The van der Waals surface area contributed by atoms with Crippen LogP contribution in [0.2, 0.25) is 0 Å². The second-order valence-electron chi connectivity index (χ2n) is 3.89. The molecule has 0 aliphatic carbocycles. The van der Waals surface area contributed by atoms with E-state index in [-0.39, 0.29) is 5.44 Å². The van der Waals surface area contributed by atoms with Crippen molar-refractivity contribution in [1.29, 1.82) is 0 Å². The van der Waals surface area contributed by atoms with Gasteiger partial charge in [0.15, 0.2) is 0 Å². The van der Waals surface area contributed by atoms with Crippen LogP contribution in [0.1, 0.15) is 36.3 Å². The van der Waals surface area contributed by atoms with Gasteiger partial charge in [-0.1, -0.05) is 38.1 Å². The van der Waals surface area contributed by atoms with Gasteiger partial charge in [-0.25, -0.2) is 0 Å². The molecular weight excluding hydrogens is 192 g/mol. The summed E-state index contributed by atoms with van der Waals surface area (Å²) < 4.78 is 5.60. The average Bonchev–Trinajstić information content (AvgIpc) is 2.71. The van der Waals surface area contributed by atoms with Crippen molar-refractivity contribution in [2.45, 2.75) is 25.2 Å². The summed E-state index contributed by atoms with van der Waals surface area (Å²) in [4.78, 5) is 0. The predicted octanol–water partition coefficient (Wildman–Crippen LogP) is 3.57. The fourth-order valence-corrected chi connectivity index (χ4v) is 2.54. The standard InChI is InChI=1S/C12H16OS/c1-9(2)10-3-5-11(6-4-10)12-13-7-8-14-12/h3-6,9,12H,7-8H2,1-2H3. The highest BCUT2D eigenvalue weighted by atomic mass is 32.2. The van der Waals surface area contributed by atoms with Crippen molar-refractivity contribution < 1.29 is 4.74 Å². The quantitative estimate of drug-likeness (QED) is 0.734. The lowest BCUT2D eigenvalue weighted by atomic mass is 10.0. The lowest BCUT2D eigenvalue weighted by molar-refractivity contribution is 0.145. The molecule has 1 aromatic carbocycles. The zero-order valence-electron chi connectivity index (χ0n) is 8.69. The van der Waals surface area contributed by atoms with Gasteiger partial charge in [0.05, 0.1) is 6.61 Å². The van der Waals surface area contributed by atoms with E-state index in [1.807, 2.05) is 11.8 Å². The molecule has 1 aliphatic heterocycles. The molecule has 76 valence electrons. The molecule has 14 heavy (non-hydrogen) atoms. The Kier molecular flexibility index (Phi) is 3.14. The Bertz CT molecular complexity index is 286. The highest BCUT2D eigenvalue weighted by Crippen LogP contribution is 2.35. The maximum absolute atomic E-state index is 5.60. The Morgan fingerprint density at radius 2 is 2.00 bits per heavy atom. The van der Waals surface area contributed by atoms with Crippen LogP contribution in [0.25, 0.3) is 0 Å². The van der Waals surface area contributed by atoms with Crippen molar-refractivity contribution in [1.82, 2.24) is 0 Å². The van der Waals surface area contributed by atoms with Crippen molar-refractivity contribution in [3.8, 4) is 0 Å². The van der Waals surface area contributed by atoms with Gasteiger partial charge >= 0.3 is 0 Å². The Hall–Kier alpha value is -0.470. The third-order valence-corrected chi connectivity index (χ3v) is 3.61. The maximum Gasteiger partial charge on any atom is 0.128 e. The molecule has 0 saturated carbocycles. The Labute approximate surface area is 89.9 Å². The fourth-order valence-electron chi connectivity index (χ4n) is 1.59. The SMILES string of the molecule is CC(C)c1ccc(C2OCCS2)cc1. The van der Waals surface area contributed by atoms with E-state index in [4.69, 9.17) is 4.74 Å². The van der Waals surface area contributed by atoms with Crippen molar-refractivity contribution in [2.75, 3.05) is 12.4 Å². The van der Waals surface area contributed by atoms with Crippen LogP contribution in [0.15, 0.2) is 24.3 Å². The van der Waals surface area contributed by atoms with Gasteiger partial charge in [0.2, 0.25) is 0 Å². The molecule has 1 saturated heterocycles. The number of hydrogen-bond acceptors (Lipinski definition) is 2. The molecule has 1 nitrogen and oxygen atoms in total. The summed E-state index contributed by atoms with van der Waals surface area (Å²) in [5, 5.41) is 0. The Morgan fingerprint density at radius 3 is 2.50 bits per heavy atom. The van der Waals surface area contributed by atoms with Crippen LogP contribution >= 0.6 is 11.8 Å². The molecule has 0 aromatic heterocycles. The molecule has 2 heteroatoms. The molecule has 1 unspecified atom stereocenters. The molecular formula is C12H16OS. The summed E-state index contributed by atoms with van der Waals surface area (Å²) in [6, 6.07) is 8.81. The van der Waals surface area contributed by atoms with Gasteiger partial charge in [-0.05, 0) is 17.0 Å². The van der Waals surface area contributed by atoms with Crippen molar-refractivity contribution in [2.24, 2.45) is 0 Å². The third-order valence-electron chi connectivity index (χ3n) is 2.50. The number of hydrogen-bond donors (Lipinski definition) is 0. The zero-order valence-corrected chi connectivity index (χ0v) is 9.51. The second-order valence-corrected chi connectivity index (χ2v) is 5.06. The number of ether oxygens (including phenoxy) is 1. The molecule has 1 atom stereocenters. The molecule has 0 bridgehead atoms. The van der Waals surface area contributed by atoms with E-state index in [1.54, 1.807) is 0 Å². The monoisotopic (exact) mass is 208 g/mol. The van der Waals surface area contributed by atoms with Gasteiger partial charge in [0, 0.05) is 5.75 Å². The van der Waals surface area contributed by atoms with Crippen LogP contribution in [-0.2, 0) is 4.74 Å². The molecule has 1 aliphatic rings. The minimum Gasteiger partial charge on any atom is -0.362 e. The van der Waals surface area contributed by atoms with E-state index in [9.17, 15) is 0 Å². The van der Waals surface area contributed by atoms with E-state index >= 15 is 0 Å². The van der Waals surface area contributed by atoms with Gasteiger partial charge in [0.25, 0.3) is 0 Å². The lowest BCUT2D eigenvalue weighted by Gasteiger charge is -2.10. The van der Waals surface area contributed by atoms with E-state index in [1.165, 1.54) is 11.1 Å². The Morgan fingerprint density at radius 1 is 1.29 bits per heavy atom. The van der Waals surface area contributed by atoms with Crippen LogP contribution in [0.4, 0.5) is 0 Å². The molecule has 0 spiro atoms. The minimum absolute atomic E-state index is 0.274. The van der Waals surface area contributed by atoms with Crippen LogP contribution in [0, 0.1) is 0 Å². The fraction of sp³-hybridized carbons (Fsp3) is 0.500. The first-order valence-corrected chi connectivity index (χ1v) is 6.15. The summed E-state index contributed by atoms with van der Waals surface area (Å²) in [5.74, 6) is 1.73. The first-order chi connectivity index (χ1) is 6.77. The average molecular weight is 208 g/mol. The number of thioether (sulfide) groups is 1. The summed E-state index contributed by atoms with van der Waals surface area (Å²) in [6.45, 7) is 5.33. The van der Waals surface area contributed by atoms with Crippen LogP contribution in [-0.4, -0.2) is 12.4 Å². The zero-order chi connectivity index (χ0) is 9.97. The van der Waals surface area contributed by atoms with Gasteiger partial charge in [-0.3, -0.25) is 0 Å². The molecule has 0 radical (unpaired) electrons. The topological polar surface area (TPSA) is 9.23 Å². The maximum atomic E-state index is 5.60. The van der Waals surface area contributed by atoms with Crippen LogP contribution in [0.3, 0.4) is 0 Å². The molecule has 1 fully saturated rings. The van der Waals surface area contributed by atoms with Crippen molar-refractivity contribution in [3.63, 3.8) is 0 Å². The molecule has 1 heterocycles. The van der Waals surface area contributed by atoms with Gasteiger partial charge in [-0.2, -0.15) is 0 Å². The predicted molar refractivity (Wildman–Crippen MR) is 61.7 cm³/mol. The van der Waals surface area contributed by atoms with Crippen LogP contribution < -0.4 is 0 Å². The highest BCUT2D eigenvalue weighted by molar-refractivity contribution is 7.99. The van der Waals surface area contributed by atoms with Gasteiger partial charge in [-0.15, -0.1) is 11.8 Å². The van der Waals surface area contributed by atoms with E-state index in [0.29, 0.717) is 5.92 Å².